The van der Waals surface area contributed by atoms with Crippen LogP contribution in [0.2, 0.25) is 0 Å². The van der Waals surface area contributed by atoms with Crippen LogP contribution in [0.5, 0.6) is 0 Å². The number of carbonyl (C=O) groups is 2. The van der Waals surface area contributed by atoms with Crippen molar-refractivity contribution < 1.29 is 53.3 Å². The second-order valence-electron chi connectivity index (χ2n) is 9.09. The van der Waals surface area contributed by atoms with Crippen LogP contribution in [0.4, 0.5) is 5.69 Å². The van der Waals surface area contributed by atoms with Crippen molar-refractivity contribution in [3.63, 3.8) is 0 Å². The molecule has 2 N–H and O–H groups in total. The minimum absolute atomic E-state index is 0.0790. The van der Waals surface area contributed by atoms with Crippen LogP contribution < -0.4 is 29.0 Å². The summed E-state index contributed by atoms with van der Waals surface area (Å²) in [7, 11) is 2.08. The van der Waals surface area contributed by atoms with Crippen LogP contribution in [0.1, 0.15) is 21.5 Å². The van der Waals surface area contributed by atoms with Crippen molar-refractivity contribution in [3.05, 3.63) is 104 Å². The number of allylic oxidation sites excluding steroid dienone is 4. The molecular formula is C28H25ClN2O9S. The Balaban J connectivity index is 0.000000850. The van der Waals surface area contributed by atoms with E-state index in [1.165, 1.54) is 23.5 Å². The van der Waals surface area contributed by atoms with Crippen molar-refractivity contribution in [3.8, 4) is 0 Å². The van der Waals surface area contributed by atoms with Gasteiger partial charge >= 0.3 is 11.9 Å². The SMILES string of the molecule is CN(C)c1ccc(C(=C2C=CC(=[N+](C)C)C(C(=O)O)=C2)c2csc3ccccc3c2=O)cc1C(=O)O.[O-][Cl+3]([O-])([O-])[O-]. The number of aliphatic carboxylic acids is 1. The molecule has 0 spiro atoms. The summed E-state index contributed by atoms with van der Waals surface area (Å²) in [5.41, 5.74) is 2.85. The topological polar surface area (TPSA) is 190 Å². The Morgan fingerprint density at radius 2 is 1.56 bits per heavy atom. The van der Waals surface area contributed by atoms with E-state index in [0.717, 1.165) is 4.70 Å². The van der Waals surface area contributed by atoms with Gasteiger partial charge in [-0.25, -0.2) is 32.8 Å². The number of carboxylic acid groups (broad SMARTS) is 2. The van der Waals surface area contributed by atoms with Crippen LogP contribution in [0.3, 0.4) is 0 Å². The quantitative estimate of drug-likeness (QED) is 0.356. The molecule has 214 valence electrons. The maximum absolute atomic E-state index is 13.6. The molecule has 2 aromatic carbocycles. The first kappa shape index (κ1) is 31.4. The second-order valence-corrected chi connectivity index (χ2v) is 10.8. The van der Waals surface area contributed by atoms with Gasteiger partial charge in [0.1, 0.15) is 19.7 Å². The molecule has 1 aliphatic rings. The largest absolute Gasteiger partial charge is 0.478 e. The zero-order valence-electron chi connectivity index (χ0n) is 22.3. The van der Waals surface area contributed by atoms with Crippen LogP contribution in [0, 0.1) is 10.2 Å². The van der Waals surface area contributed by atoms with E-state index in [0.29, 0.717) is 39.1 Å². The Bertz CT molecular complexity index is 1700. The van der Waals surface area contributed by atoms with Gasteiger partial charge in [-0.1, -0.05) is 18.2 Å². The Kier molecular flexibility index (Phi) is 9.61. The van der Waals surface area contributed by atoms with Crippen molar-refractivity contribution in [2.24, 2.45) is 0 Å². The highest BCUT2D eigenvalue weighted by Crippen LogP contribution is 2.34. The van der Waals surface area contributed by atoms with E-state index in [9.17, 15) is 24.6 Å². The van der Waals surface area contributed by atoms with Crippen molar-refractivity contribution in [1.82, 2.24) is 0 Å². The summed E-state index contributed by atoms with van der Waals surface area (Å²) in [4.78, 5) is 39.5. The minimum atomic E-state index is -4.94. The first-order valence-electron chi connectivity index (χ1n) is 11.7. The summed E-state index contributed by atoms with van der Waals surface area (Å²) in [5, 5.41) is 22.1. The molecule has 4 rings (SSSR count). The third-order valence-corrected chi connectivity index (χ3v) is 6.91. The second kappa shape index (κ2) is 12.6. The first-order valence-corrected chi connectivity index (χ1v) is 13.8. The lowest BCUT2D eigenvalue weighted by Gasteiger charge is -2.19. The molecule has 1 aliphatic carbocycles. The molecule has 41 heavy (non-hydrogen) atoms. The van der Waals surface area contributed by atoms with E-state index in [1.807, 2.05) is 12.1 Å². The van der Waals surface area contributed by atoms with Gasteiger partial charge in [0.2, 0.25) is 5.71 Å². The van der Waals surface area contributed by atoms with Gasteiger partial charge in [0, 0.05) is 46.8 Å². The number of rotatable bonds is 5. The van der Waals surface area contributed by atoms with E-state index < -0.39 is 22.2 Å². The van der Waals surface area contributed by atoms with E-state index in [-0.39, 0.29) is 16.6 Å². The molecule has 0 saturated carbocycles. The summed E-state index contributed by atoms with van der Waals surface area (Å²) in [6.45, 7) is 0. The normalized spacial score (nSPS) is 14.1. The summed E-state index contributed by atoms with van der Waals surface area (Å²) >= 11 is 1.40. The number of nitrogens with zero attached hydrogens (tertiary/aromatic N) is 2. The number of hydrogen-bond acceptors (Lipinski definition) is 9. The minimum Gasteiger partial charge on any atom is -0.478 e. The smallest absolute Gasteiger partial charge is 0.342 e. The van der Waals surface area contributed by atoms with Crippen LogP contribution in [0.15, 0.2) is 82.0 Å². The van der Waals surface area contributed by atoms with Crippen molar-refractivity contribution in [2.45, 2.75) is 0 Å². The molecule has 0 bridgehead atoms. The van der Waals surface area contributed by atoms with Gasteiger partial charge in [0.15, 0.2) is 5.43 Å². The summed E-state index contributed by atoms with van der Waals surface area (Å²) in [6.07, 6.45) is 4.99. The summed E-state index contributed by atoms with van der Waals surface area (Å²) in [6, 6.07) is 12.3. The fourth-order valence-corrected chi connectivity index (χ4v) is 5.15. The van der Waals surface area contributed by atoms with E-state index in [2.05, 4.69) is 0 Å². The van der Waals surface area contributed by atoms with Crippen LogP contribution in [-0.2, 0) is 4.79 Å². The van der Waals surface area contributed by atoms with Crippen LogP contribution in [-0.4, -0.2) is 60.6 Å². The lowest BCUT2D eigenvalue weighted by atomic mass is 9.88. The maximum Gasteiger partial charge on any atom is 0.342 e. The third-order valence-electron chi connectivity index (χ3n) is 5.94. The summed E-state index contributed by atoms with van der Waals surface area (Å²) in [5.74, 6) is -2.20. The Hall–Kier alpha value is -4.17. The molecule has 0 unspecified atom stereocenters. The number of anilines is 1. The van der Waals surface area contributed by atoms with Gasteiger partial charge in [-0.2, -0.15) is 0 Å². The number of fused-ring (bicyclic) bond motifs is 1. The number of hydrogen-bond donors (Lipinski definition) is 2. The highest BCUT2D eigenvalue weighted by Gasteiger charge is 2.26. The highest BCUT2D eigenvalue weighted by molar-refractivity contribution is 7.16. The van der Waals surface area contributed by atoms with Gasteiger partial charge in [-0.05, 0) is 47.6 Å². The van der Waals surface area contributed by atoms with Crippen LogP contribution in [0.25, 0.3) is 15.7 Å². The molecule has 3 aromatic rings. The molecule has 0 saturated heterocycles. The predicted octanol–water partition coefficient (Wildman–Crippen LogP) is -0.634. The van der Waals surface area contributed by atoms with Crippen LogP contribution >= 0.6 is 11.3 Å². The van der Waals surface area contributed by atoms with Gasteiger partial charge < -0.3 is 15.1 Å². The van der Waals surface area contributed by atoms with Gasteiger partial charge in [0.05, 0.1) is 11.3 Å². The molecule has 1 heterocycles. The van der Waals surface area contributed by atoms with E-state index in [1.54, 1.807) is 79.5 Å². The molecule has 0 atom stereocenters. The maximum atomic E-state index is 13.6. The average molecular weight is 601 g/mol. The van der Waals surface area contributed by atoms with Crippen molar-refractivity contribution >= 4 is 50.3 Å². The van der Waals surface area contributed by atoms with E-state index >= 15 is 0 Å². The number of halogens is 1. The predicted molar refractivity (Wildman–Crippen MR) is 144 cm³/mol. The zero-order valence-corrected chi connectivity index (χ0v) is 23.9. The zero-order chi connectivity index (χ0) is 30.6. The van der Waals surface area contributed by atoms with Crippen molar-refractivity contribution in [2.75, 3.05) is 33.1 Å². The molecule has 0 aliphatic heterocycles. The molecule has 13 heteroatoms. The molecule has 11 nitrogen and oxygen atoms in total. The van der Waals surface area contributed by atoms with Gasteiger partial charge in [0.25, 0.3) is 0 Å². The molecule has 0 radical (unpaired) electrons. The fourth-order valence-electron chi connectivity index (χ4n) is 4.23. The van der Waals surface area contributed by atoms with Gasteiger partial charge in [-0.3, -0.25) is 4.79 Å². The molecule has 0 fully saturated rings. The number of carboxylic acids is 2. The lowest BCUT2D eigenvalue weighted by molar-refractivity contribution is -2.00. The van der Waals surface area contributed by atoms with Crippen molar-refractivity contribution in [1.29, 1.82) is 0 Å². The highest BCUT2D eigenvalue weighted by atomic mass is 35.7. The average Bonchev–Trinajstić information content (AvgIpc) is 2.89. The fraction of sp³-hybridized carbons (Fsp3) is 0.143. The molecule has 1 aromatic heterocycles. The Morgan fingerprint density at radius 1 is 0.927 bits per heavy atom. The third kappa shape index (κ3) is 7.52. The van der Waals surface area contributed by atoms with Gasteiger partial charge in [-0.15, -0.1) is 21.6 Å². The Labute approximate surface area is 240 Å². The molecular weight excluding hydrogens is 576 g/mol. The summed E-state index contributed by atoms with van der Waals surface area (Å²) < 4.78 is 36.5. The lowest BCUT2D eigenvalue weighted by Crippen LogP contribution is -2.68. The Morgan fingerprint density at radius 3 is 2.12 bits per heavy atom. The number of aromatic carboxylic acids is 1. The van der Waals surface area contributed by atoms with E-state index in [4.69, 9.17) is 18.6 Å². The monoisotopic (exact) mass is 600 g/mol. The standard InChI is InChI=1S/C28H24N2O5S.ClHO4/c1-29(2)22-11-9-16(13-19(22)27(32)33)25(17-10-12-23(30(3)4)20(14-17)28(34)35)21-15-36-24-8-6-5-7-18(24)26(21)31;2-1(3,4)5/h5-15H,1-4H3,(H-,32,33,34,35);(H,2,3,4,5). The first-order chi connectivity index (χ1) is 19.1. The molecule has 0 amide bonds. The number of benzene rings is 2.